The molecule has 0 radical (unpaired) electrons. The van der Waals surface area contributed by atoms with Crippen molar-refractivity contribution < 1.29 is 0 Å². The Bertz CT molecular complexity index is 221. The molecule has 2 aliphatic rings. The fourth-order valence-electron chi connectivity index (χ4n) is 3.16. The van der Waals surface area contributed by atoms with Crippen LogP contribution in [0.5, 0.6) is 0 Å². The minimum Gasteiger partial charge on any atom is -0.326 e. The lowest BCUT2D eigenvalue weighted by molar-refractivity contribution is 0.0329. The number of nitrogens with zero attached hydrogens (tertiary/aromatic N) is 1. The Morgan fingerprint density at radius 1 is 1.13 bits per heavy atom. The van der Waals surface area contributed by atoms with E-state index in [0.717, 1.165) is 6.04 Å². The third-order valence-electron chi connectivity index (χ3n) is 4.81. The van der Waals surface area contributed by atoms with Gasteiger partial charge in [-0.05, 0) is 38.1 Å². The van der Waals surface area contributed by atoms with Crippen molar-refractivity contribution in [2.45, 2.75) is 70.5 Å². The number of hydrogen-bond acceptors (Lipinski definition) is 2. The van der Waals surface area contributed by atoms with Crippen LogP contribution >= 0.6 is 0 Å². The number of hydrogen-bond donors (Lipinski definition) is 1. The molecule has 15 heavy (non-hydrogen) atoms. The van der Waals surface area contributed by atoms with Gasteiger partial charge in [-0.15, -0.1) is 0 Å². The summed E-state index contributed by atoms with van der Waals surface area (Å²) in [5, 5.41) is 0. The molecule has 2 saturated carbocycles. The third kappa shape index (κ3) is 2.07. The van der Waals surface area contributed by atoms with E-state index in [0.29, 0.717) is 17.5 Å². The largest absolute Gasteiger partial charge is 0.326 e. The second kappa shape index (κ2) is 4.06. The van der Waals surface area contributed by atoms with E-state index >= 15 is 0 Å². The van der Waals surface area contributed by atoms with Gasteiger partial charge in [0.15, 0.2) is 0 Å². The summed E-state index contributed by atoms with van der Waals surface area (Å²) in [7, 11) is 2.29. The van der Waals surface area contributed by atoms with Gasteiger partial charge in [-0.2, -0.15) is 0 Å². The summed E-state index contributed by atoms with van der Waals surface area (Å²) in [4.78, 5) is 2.58. The zero-order chi connectivity index (χ0) is 11.1. The van der Waals surface area contributed by atoms with Crippen LogP contribution < -0.4 is 5.73 Å². The molecule has 0 heterocycles. The van der Waals surface area contributed by atoms with E-state index in [1.54, 1.807) is 0 Å². The molecule has 0 aromatic rings. The fraction of sp³-hybridized carbons (Fsp3) is 1.00. The first-order valence-electron chi connectivity index (χ1n) is 6.50. The summed E-state index contributed by atoms with van der Waals surface area (Å²) >= 11 is 0. The van der Waals surface area contributed by atoms with E-state index < -0.39 is 0 Å². The van der Waals surface area contributed by atoms with E-state index in [-0.39, 0.29) is 0 Å². The van der Waals surface area contributed by atoms with Crippen LogP contribution in [0.3, 0.4) is 0 Å². The first-order valence-corrected chi connectivity index (χ1v) is 6.50. The van der Waals surface area contributed by atoms with Crippen molar-refractivity contribution in [3.05, 3.63) is 0 Å². The van der Waals surface area contributed by atoms with Crippen LogP contribution in [0, 0.1) is 5.41 Å². The van der Waals surface area contributed by atoms with E-state index in [1.807, 2.05) is 0 Å². The molecule has 0 aromatic carbocycles. The summed E-state index contributed by atoms with van der Waals surface area (Å²) in [6.45, 7) is 4.66. The number of nitrogens with two attached hydrogens (primary N) is 1. The second-order valence-electron chi connectivity index (χ2n) is 6.22. The van der Waals surface area contributed by atoms with Crippen LogP contribution in [0.4, 0.5) is 0 Å². The maximum atomic E-state index is 6.43. The zero-order valence-corrected chi connectivity index (χ0v) is 10.5. The van der Waals surface area contributed by atoms with Crippen LogP contribution in [0.1, 0.15) is 52.4 Å². The van der Waals surface area contributed by atoms with Crippen LogP contribution in [0.15, 0.2) is 0 Å². The minimum absolute atomic E-state index is 0.334. The Morgan fingerprint density at radius 3 is 2.33 bits per heavy atom. The first kappa shape index (κ1) is 11.4. The van der Waals surface area contributed by atoms with Crippen molar-refractivity contribution in [2.75, 3.05) is 7.05 Å². The first-order chi connectivity index (χ1) is 7.02. The van der Waals surface area contributed by atoms with Gasteiger partial charge in [0.1, 0.15) is 0 Å². The van der Waals surface area contributed by atoms with Crippen molar-refractivity contribution in [3.8, 4) is 0 Å². The molecular weight excluding hydrogens is 184 g/mol. The van der Waals surface area contributed by atoms with Crippen LogP contribution in [0.2, 0.25) is 0 Å². The molecule has 0 bridgehead atoms. The number of likely N-dealkylation sites (N-methyl/N-ethyl adjacent to an activating group) is 1. The smallest absolute Gasteiger partial charge is 0.0252 e. The zero-order valence-electron chi connectivity index (χ0n) is 10.5. The van der Waals surface area contributed by atoms with Gasteiger partial charge in [0.05, 0.1) is 0 Å². The molecule has 0 spiro atoms. The van der Waals surface area contributed by atoms with E-state index in [9.17, 15) is 0 Å². The van der Waals surface area contributed by atoms with Gasteiger partial charge in [0.2, 0.25) is 0 Å². The van der Waals surface area contributed by atoms with Crippen molar-refractivity contribution in [3.63, 3.8) is 0 Å². The Kier molecular flexibility index (Phi) is 3.09. The Hall–Kier alpha value is -0.0800. The van der Waals surface area contributed by atoms with Crippen LogP contribution in [-0.4, -0.2) is 30.1 Å². The minimum atomic E-state index is 0.334. The van der Waals surface area contributed by atoms with E-state index in [2.05, 4.69) is 25.8 Å². The van der Waals surface area contributed by atoms with Crippen LogP contribution in [-0.2, 0) is 0 Å². The second-order valence-corrected chi connectivity index (χ2v) is 6.22. The molecule has 2 nitrogen and oxygen atoms in total. The third-order valence-corrected chi connectivity index (χ3v) is 4.81. The molecule has 2 fully saturated rings. The normalized spacial score (nSPS) is 36.6. The Labute approximate surface area is 94.2 Å². The highest BCUT2D eigenvalue weighted by Gasteiger charge is 2.40. The lowest BCUT2D eigenvalue weighted by Crippen LogP contribution is -2.59. The SMILES string of the molecule is CN(C1CCC1)C1CCCC(C)(C)C1N. The molecule has 2 heteroatoms. The Balaban J connectivity index is 2.00. The van der Waals surface area contributed by atoms with E-state index in [4.69, 9.17) is 5.73 Å². The van der Waals surface area contributed by atoms with Gasteiger partial charge in [0.25, 0.3) is 0 Å². The molecule has 2 N–H and O–H groups in total. The van der Waals surface area contributed by atoms with Gasteiger partial charge in [-0.25, -0.2) is 0 Å². The maximum Gasteiger partial charge on any atom is 0.0252 e. The van der Waals surface area contributed by atoms with Crippen LogP contribution in [0.25, 0.3) is 0 Å². The van der Waals surface area contributed by atoms with Gasteiger partial charge in [-0.3, -0.25) is 4.90 Å². The topological polar surface area (TPSA) is 29.3 Å². The molecule has 0 aromatic heterocycles. The molecule has 2 aliphatic carbocycles. The molecule has 0 saturated heterocycles. The summed E-state index contributed by atoms with van der Waals surface area (Å²) in [6.07, 6.45) is 8.14. The highest BCUT2D eigenvalue weighted by molar-refractivity contribution is 4.97. The molecule has 2 unspecified atom stereocenters. The standard InChI is InChI=1S/C13H26N2/c1-13(2)9-5-8-11(12(13)14)15(3)10-6-4-7-10/h10-12H,4-9,14H2,1-3H3. The maximum absolute atomic E-state index is 6.43. The molecule has 0 amide bonds. The molecule has 2 rings (SSSR count). The average Bonchev–Trinajstić information content (AvgIpc) is 2.06. The summed E-state index contributed by atoms with van der Waals surface area (Å²) in [5.74, 6) is 0. The number of rotatable bonds is 2. The molecule has 88 valence electrons. The highest BCUT2D eigenvalue weighted by Crippen LogP contribution is 2.38. The molecule has 0 aliphatic heterocycles. The van der Waals surface area contributed by atoms with Gasteiger partial charge in [-0.1, -0.05) is 26.7 Å². The van der Waals surface area contributed by atoms with Crippen molar-refractivity contribution in [2.24, 2.45) is 11.1 Å². The molecule has 2 atom stereocenters. The van der Waals surface area contributed by atoms with Gasteiger partial charge >= 0.3 is 0 Å². The molecular formula is C13H26N2. The van der Waals surface area contributed by atoms with E-state index in [1.165, 1.54) is 38.5 Å². The van der Waals surface area contributed by atoms with Crippen molar-refractivity contribution in [1.29, 1.82) is 0 Å². The van der Waals surface area contributed by atoms with Crippen molar-refractivity contribution >= 4 is 0 Å². The lowest BCUT2D eigenvalue weighted by Gasteiger charge is -2.49. The predicted molar refractivity (Wildman–Crippen MR) is 64.8 cm³/mol. The summed E-state index contributed by atoms with van der Waals surface area (Å²) in [6, 6.07) is 1.81. The quantitative estimate of drug-likeness (QED) is 0.758. The van der Waals surface area contributed by atoms with Gasteiger partial charge in [0, 0.05) is 18.1 Å². The van der Waals surface area contributed by atoms with Crippen molar-refractivity contribution in [1.82, 2.24) is 4.90 Å². The average molecular weight is 210 g/mol. The lowest BCUT2D eigenvalue weighted by atomic mass is 9.70. The summed E-state index contributed by atoms with van der Waals surface area (Å²) < 4.78 is 0. The highest BCUT2D eigenvalue weighted by atomic mass is 15.2. The monoisotopic (exact) mass is 210 g/mol. The fourth-order valence-corrected chi connectivity index (χ4v) is 3.16. The summed E-state index contributed by atoms with van der Waals surface area (Å²) in [5.41, 5.74) is 6.77. The predicted octanol–water partition coefficient (Wildman–Crippen LogP) is 2.38. The van der Waals surface area contributed by atoms with Gasteiger partial charge < -0.3 is 5.73 Å². The Morgan fingerprint density at radius 2 is 1.80 bits per heavy atom.